The van der Waals surface area contributed by atoms with Gasteiger partial charge in [0.25, 0.3) is 0 Å². The molecule has 0 saturated carbocycles. The molecule has 3 heteroatoms. The number of hydrogen-bond donors (Lipinski definition) is 2. The van der Waals surface area contributed by atoms with Gasteiger partial charge in [-0.1, -0.05) is 30.3 Å². The lowest BCUT2D eigenvalue weighted by molar-refractivity contribution is -0.127. The molecule has 1 amide bonds. The lowest BCUT2D eigenvalue weighted by Crippen LogP contribution is -2.49. The van der Waals surface area contributed by atoms with E-state index in [2.05, 4.69) is 55.7 Å². The van der Waals surface area contributed by atoms with Crippen LogP contribution in [-0.4, -0.2) is 24.0 Å². The van der Waals surface area contributed by atoms with Gasteiger partial charge < -0.3 is 10.6 Å². The first-order valence-corrected chi connectivity index (χ1v) is 8.05. The van der Waals surface area contributed by atoms with Crippen molar-refractivity contribution in [1.82, 2.24) is 10.6 Å². The quantitative estimate of drug-likeness (QED) is 0.874. The molecule has 2 N–H and O–H groups in total. The molecule has 2 rings (SSSR count). The molecule has 1 aliphatic rings. The average molecular weight is 288 g/mol. The van der Waals surface area contributed by atoms with Crippen LogP contribution >= 0.6 is 0 Å². The highest BCUT2D eigenvalue weighted by atomic mass is 16.2. The molecule has 1 fully saturated rings. The molecule has 1 aromatic carbocycles. The molecule has 116 valence electrons. The zero-order valence-corrected chi connectivity index (χ0v) is 13.5. The molecule has 1 aromatic rings. The Hall–Kier alpha value is -1.35. The fourth-order valence-electron chi connectivity index (χ4n) is 2.97. The molecular formula is C18H28N2O. The van der Waals surface area contributed by atoms with E-state index in [9.17, 15) is 4.79 Å². The fourth-order valence-corrected chi connectivity index (χ4v) is 2.97. The van der Waals surface area contributed by atoms with Crippen molar-refractivity contribution in [2.75, 3.05) is 6.54 Å². The molecule has 2 unspecified atom stereocenters. The number of amides is 1. The van der Waals surface area contributed by atoms with Gasteiger partial charge in [0.1, 0.15) is 0 Å². The van der Waals surface area contributed by atoms with Gasteiger partial charge in [-0.2, -0.15) is 0 Å². The predicted octanol–water partition coefficient (Wildman–Crippen LogP) is 2.90. The van der Waals surface area contributed by atoms with E-state index >= 15 is 0 Å². The van der Waals surface area contributed by atoms with Gasteiger partial charge >= 0.3 is 0 Å². The second-order valence-corrected chi connectivity index (χ2v) is 6.94. The van der Waals surface area contributed by atoms with Crippen LogP contribution in [0, 0.1) is 5.92 Å². The summed E-state index contributed by atoms with van der Waals surface area (Å²) in [5, 5.41) is 6.65. The summed E-state index contributed by atoms with van der Waals surface area (Å²) in [5.41, 5.74) is 1.18. The van der Waals surface area contributed by atoms with Crippen molar-refractivity contribution in [3.05, 3.63) is 35.9 Å². The van der Waals surface area contributed by atoms with E-state index < -0.39 is 0 Å². The van der Waals surface area contributed by atoms with Gasteiger partial charge in [-0.3, -0.25) is 4.79 Å². The van der Waals surface area contributed by atoms with Crippen molar-refractivity contribution < 1.29 is 4.79 Å². The van der Waals surface area contributed by atoms with Crippen LogP contribution in [0.4, 0.5) is 0 Å². The summed E-state index contributed by atoms with van der Waals surface area (Å²) in [7, 11) is 0. The highest BCUT2D eigenvalue weighted by Gasteiger charge is 2.28. The first-order chi connectivity index (χ1) is 9.96. The largest absolute Gasteiger partial charge is 0.351 e. The first-order valence-electron chi connectivity index (χ1n) is 8.05. The summed E-state index contributed by atoms with van der Waals surface area (Å²) in [6, 6.07) is 10.9. The number of nitrogens with one attached hydrogen (secondary N) is 2. The lowest BCUT2D eigenvalue weighted by Gasteiger charge is -2.32. The van der Waals surface area contributed by atoms with E-state index in [1.54, 1.807) is 0 Å². The number of carbonyl (C=O) groups is 1. The van der Waals surface area contributed by atoms with E-state index in [0.717, 1.165) is 32.2 Å². The first kappa shape index (κ1) is 16.0. The summed E-state index contributed by atoms with van der Waals surface area (Å²) in [5.74, 6) is 0.388. The summed E-state index contributed by atoms with van der Waals surface area (Å²) < 4.78 is 0. The topological polar surface area (TPSA) is 41.1 Å². The third-order valence-electron chi connectivity index (χ3n) is 4.34. The number of hydrogen-bond acceptors (Lipinski definition) is 2. The zero-order valence-electron chi connectivity index (χ0n) is 13.5. The molecule has 1 saturated heterocycles. The summed E-state index contributed by atoms with van der Waals surface area (Å²) in [4.78, 5) is 12.4. The average Bonchev–Trinajstić information content (AvgIpc) is 2.46. The maximum absolute atomic E-state index is 12.4. The fraction of sp³-hybridized carbons (Fsp3) is 0.611. The van der Waals surface area contributed by atoms with Crippen LogP contribution in [0.25, 0.3) is 0 Å². The summed E-state index contributed by atoms with van der Waals surface area (Å²) in [6.45, 7) is 7.35. The Bertz CT molecular complexity index is 456. The van der Waals surface area contributed by atoms with E-state index in [4.69, 9.17) is 0 Å². The van der Waals surface area contributed by atoms with Gasteiger partial charge in [0.05, 0.1) is 0 Å². The second kappa shape index (κ2) is 7.08. The maximum Gasteiger partial charge on any atom is 0.223 e. The van der Waals surface area contributed by atoms with Gasteiger partial charge in [-0.05, 0) is 58.6 Å². The monoisotopic (exact) mass is 288 g/mol. The summed E-state index contributed by atoms with van der Waals surface area (Å²) >= 11 is 0. The molecule has 0 radical (unpaired) electrons. The SMILES string of the molecule is CC1CC(C(=O)NC(C)(C)CCc2ccccc2)CCN1. The van der Waals surface area contributed by atoms with Gasteiger partial charge in [0, 0.05) is 17.5 Å². The van der Waals surface area contributed by atoms with Crippen LogP contribution in [0.3, 0.4) is 0 Å². The Labute approximate surface area is 128 Å². The molecular weight excluding hydrogens is 260 g/mol. The number of piperidine rings is 1. The summed E-state index contributed by atoms with van der Waals surface area (Å²) in [6.07, 6.45) is 3.85. The Balaban J connectivity index is 1.83. The highest BCUT2D eigenvalue weighted by molar-refractivity contribution is 5.79. The van der Waals surface area contributed by atoms with Crippen LogP contribution < -0.4 is 10.6 Å². The Morgan fingerprint density at radius 1 is 1.33 bits per heavy atom. The normalized spacial score (nSPS) is 22.8. The van der Waals surface area contributed by atoms with Crippen molar-refractivity contribution >= 4 is 5.91 Å². The van der Waals surface area contributed by atoms with Crippen molar-refractivity contribution in [2.45, 2.75) is 58.0 Å². The van der Waals surface area contributed by atoms with Crippen molar-refractivity contribution in [1.29, 1.82) is 0 Å². The van der Waals surface area contributed by atoms with Crippen LogP contribution in [0.5, 0.6) is 0 Å². The molecule has 2 atom stereocenters. The standard InChI is InChI=1S/C18H28N2O/c1-14-13-16(10-12-19-14)17(21)20-18(2,3)11-9-15-7-5-4-6-8-15/h4-8,14,16,19H,9-13H2,1-3H3,(H,20,21). The molecule has 0 bridgehead atoms. The molecule has 1 heterocycles. The van der Waals surface area contributed by atoms with E-state index in [1.165, 1.54) is 5.56 Å². The predicted molar refractivity (Wildman–Crippen MR) is 87.2 cm³/mol. The van der Waals surface area contributed by atoms with Crippen LogP contribution in [0.15, 0.2) is 30.3 Å². The third-order valence-corrected chi connectivity index (χ3v) is 4.34. The molecule has 21 heavy (non-hydrogen) atoms. The Morgan fingerprint density at radius 2 is 2.05 bits per heavy atom. The van der Waals surface area contributed by atoms with Gasteiger partial charge in [-0.25, -0.2) is 0 Å². The smallest absolute Gasteiger partial charge is 0.223 e. The minimum absolute atomic E-state index is 0.152. The van der Waals surface area contributed by atoms with Crippen LogP contribution in [-0.2, 0) is 11.2 Å². The van der Waals surface area contributed by atoms with Crippen LogP contribution in [0.2, 0.25) is 0 Å². The minimum Gasteiger partial charge on any atom is -0.351 e. The Morgan fingerprint density at radius 3 is 2.71 bits per heavy atom. The van der Waals surface area contributed by atoms with Crippen molar-refractivity contribution in [3.8, 4) is 0 Å². The number of benzene rings is 1. The lowest BCUT2D eigenvalue weighted by atomic mass is 9.90. The molecule has 3 nitrogen and oxygen atoms in total. The van der Waals surface area contributed by atoms with E-state index in [1.807, 2.05) is 6.07 Å². The van der Waals surface area contributed by atoms with Crippen molar-refractivity contribution in [2.24, 2.45) is 5.92 Å². The Kier molecular flexibility index (Phi) is 5.40. The molecule has 0 spiro atoms. The van der Waals surface area contributed by atoms with E-state index in [-0.39, 0.29) is 17.4 Å². The zero-order chi connectivity index (χ0) is 15.3. The molecule has 0 aliphatic carbocycles. The van der Waals surface area contributed by atoms with Crippen molar-refractivity contribution in [3.63, 3.8) is 0 Å². The van der Waals surface area contributed by atoms with Crippen LogP contribution in [0.1, 0.15) is 45.6 Å². The van der Waals surface area contributed by atoms with Gasteiger partial charge in [0.2, 0.25) is 5.91 Å². The number of rotatable bonds is 5. The second-order valence-electron chi connectivity index (χ2n) is 6.94. The maximum atomic E-state index is 12.4. The molecule has 1 aliphatic heterocycles. The van der Waals surface area contributed by atoms with Gasteiger partial charge in [0.15, 0.2) is 0 Å². The van der Waals surface area contributed by atoms with Gasteiger partial charge in [-0.15, -0.1) is 0 Å². The molecule has 0 aromatic heterocycles. The number of aryl methyl sites for hydroxylation is 1. The minimum atomic E-state index is -0.152. The van der Waals surface area contributed by atoms with E-state index in [0.29, 0.717) is 6.04 Å². The highest BCUT2D eigenvalue weighted by Crippen LogP contribution is 2.19. The number of carbonyl (C=O) groups excluding carboxylic acids is 1. The third kappa shape index (κ3) is 5.16.